The Morgan fingerprint density at radius 3 is 2.71 bits per heavy atom. The van der Waals surface area contributed by atoms with E-state index in [2.05, 4.69) is 23.7 Å². The zero-order valence-electron chi connectivity index (χ0n) is 8.91. The molecule has 3 nitrogen and oxygen atoms in total. The Balaban J connectivity index is 2.78. The van der Waals surface area contributed by atoms with E-state index in [1.54, 1.807) is 13.1 Å². The van der Waals surface area contributed by atoms with Crippen molar-refractivity contribution in [3.05, 3.63) is 11.1 Å². The third kappa shape index (κ3) is 2.54. The van der Waals surface area contributed by atoms with Gasteiger partial charge < -0.3 is 4.90 Å². The molecule has 0 unspecified atom stereocenters. The van der Waals surface area contributed by atoms with Gasteiger partial charge in [0.05, 0.1) is 11.1 Å². The van der Waals surface area contributed by atoms with Crippen LogP contribution in [0.2, 0.25) is 0 Å². The summed E-state index contributed by atoms with van der Waals surface area (Å²) in [4.78, 5) is 18.3. The second-order valence-electron chi connectivity index (χ2n) is 3.14. The van der Waals surface area contributed by atoms with Gasteiger partial charge in [-0.1, -0.05) is 18.3 Å². The van der Waals surface area contributed by atoms with Crippen molar-refractivity contribution in [3.63, 3.8) is 0 Å². The van der Waals surface area contributed by atoms with Crippen LogP contribution in [0, 0.1) is 0 Å². The van der Waals surface area contributed by atoms with Crippen LogP contribution < -0.4 is 4.90 Å². The van der Waals surface area contributed by atoms with Crippen LogP contribution in [0.3, 0.4) is 0 Å². The fourth-order valence-electron chi connectivity index (χ4n) is 1.23. The summed E-state index contributed by atoms with van der Waals surface area (Å²) in [6, 6.07) is 0. The monoisotopic (exact) mass is 212 g/mol. The smallest absolute Gasteiger partial charge is 0.185 e. The van der Waals surface area contributed by atoms with Gasteiger partial charge in [-0.25, -0.2) is 4.98 Å². The molecule has 0 atom stereocenters. The van der Waals surface area contributed by atoms with Gasteiger partial charge in [0.1, 0.15) is 0 Å². The lowest BCUT2D eigenvalue weighted by atomic mass is 10.4. The summed E-state index contributed by atoms with van der Waals surface area (Å²) in [6.45, 7) is 7.76. The molecule has 0 fully saturated rings. The zero-order chi connectivity index (χ0) is 10.6. The molecule has 1 heterocycles. The third-order valence-corrected chi connectivity index (χ3v) is 3.15. The van der Waals surface area contributed by atoms with Crippen molar-refractivity contribution in [3.8, 4) is 0 Å². The highest BCUT2D eigenvalue weighted by Gasteiger charge is 2.10. The zero-order valence-corrected chi connectivity index (χ0v) is 9.73. The third-order valence-electron chi connectivity index (χ3n) is 1.99. The number of Topliss-reactive ketones (excluding diaryl/α,β-unsaturated/α-hetero) is 1. The highest BCUT2D eigenvalue weighted by Crippen LogP contribution is 2.22. The van der Waals surface area contributed by atoms with Gasteiger partial charge in [-0.2, -0.15) is 0 Å². The van der Waals surface area contributed by atoms with Gasteiger partial charge in [0.15, 0.2) is 10.9 Å². The maximum atomic E-state index is 11.1. The van der Waals surface area contributed by atoms with Gasteiger partial charge in [0, 0.05) is 20.0 Å². The summed E-state index contributed by atoms with van der Waals surface area (Å²) >= 11 is 1.48. The summed E-state index contributed by atoms with van der Waals surface area (Å²) in [5.74, 6) is 0.0984. The van der Waals surface area contributed by atoms with Crippen LogP contribution >= 0.6 is 11.3 Å². The Kier molecular flexibility index (Phi) is 4.07. The van der Waals surface area contributed by atoms with Crippen LogP contribution in [0.25, 0.3) is 0 Å². The number of aromatic nitrogens is 1. The first-order valence-electron chi connectivity index (χ1n) is 4.90. The van der Waals surface area contributed by atoms with Crippen molar-refractivity contribution in [2.24, 2.45) is 0 Å². The van der Waals surface area contributed by atoms with Gasteiger partial charge in [-0.3, -0.25) is 4.79 Å². The average molecular weight is 212 g/mol. The first kappa shape index (κ1) is 11.2. The number of nitrogens with zero attached hydrogens (tertiary/aromatic N) is 2. The molecule has 1 aromatic rings. The molecule has 14 heavy (non-hydrogen) atoms. The molecular formula is C10H16N2OS. The van der Waals surface area contributed by atoms with Crippen LogP contribution in [-0.2, 0) is 0 Å². The topological polar surface area (TPSA) is 33.2 Å². The lowest BCUT2D eigenvalue weighted by Gasteiger charge is -2.18. The van der Waals surface area contributed by atoms with E-state index >= 15 is 0 Å². The van der Waals surface area contributed by atoms with Crippen LogP contribution in [0.15, 0.2) is 6.20 Å². The van der Waals surface area contributed by atoms with Crippen LogP contribution in [0.1, 0.15) is 36.9 Å². The maximum absolute atomic E-state index is 11.1. The van der Waals surface area contributed by atoms with E-state index in [1.807, 2.05) is 0 Å². The van der Waals surface area contributed by atoms with Gasteiger partial charge in [0.2, 0.25) is 0 Å². The molecule has 0 aromatic carbocycles. The number of thiazole rings is 1. The number of carbonyl (C=O) groups is 1. The van der Waals surface area contributed by atoms with Crippen molar-refractivity contribution in [1.29, 1.82) is 0 Å². The Bertz CT molecular complexity index is 309. The fourth-order valence-corrected chi connectivity index (χ4v) is 2.13. The van der Waals surface area contributed by atoms with Crippen molar-refractivity contribution >= 4 is 22.3 Å². The summed E-state index contributed by atoms with van der Waals surface area (Å²) in [7, 11) is 0. The molecule has 0 N–H and O–H groups in total. The highest BCUT2D eigenvalue weighted by molar-refractivity contribution is 7.17. The fraction of sp³-hybridized carbons (Fsp3) is 0.600. The number of ketones is 1. The van der Waals surface area contributed by atoms with E-state index in [-0.39, 0.29) is 5.78 Å². The van der Waals surface area contributed by atoms with Crippen LogP contribution in [-0.4, -0.2) is 23.9 Å². The van der Waals surface area contributed by atoms with Gasteiger partial charge in [-0.15, -0.1) is 0 Å². The standard InChI is InChI=1S/C10H16N2OS/c1-4-6-12(5-2)10-11-7-9(14-10)8(3)13/h7H,4-6H2,1-3H3. The lowest BCUT2D eigenvalue weighted by molar-refractivity contribution is 0.102. The van der Waals surface area contributed by atoms with Crippen molar-refractivity contribution < 1.29 is 4.79 Å². The number of anilines is 1. The molecule has 1 rings (SSSR count). The molecule has 0 saturated carbocycles. The first-order chi connectivity index (χ1) is 6.69. The SMILES string of the molecule is CCCN(CC)c1ncc(C(C)=O)s1. The van der Waals surface area contributed by atoms with E-state index in [9.17, 15) is 4.79 Å². The minimum Gasteiger partial charge on any atom is -0.348 e. The minimum absolute atomic E-state index is 0.0984. The summed E-state index contributed by atoms with van der Waals surface area (Å²) in [5.41, 5.74) is 0. The Morgan fingerprint density at radius 1 is 1.57 bits per heavy atom. The Labute approximate surface area is 88.8 Å². The predicted molar refractivity (Wildman–Crippen MR) is 60.3 cm³/mol. The normalized spacial score (nSPS) is 10.2. The van der Waals surface area contributed by atoms with Crippen LogP contribution in [0.5, 0.6) is 0 Å². The molecule has 1 aromatic heterocycles. The molecule has 0 amide bonds. The number of hydrogen-bond donors (Lipinski definition) is 0. The largest absolute Gasteiger partial charge is 0.348 e. The van der Waals surface area contributed by atoms with Gasteiger partial charge >= 0.3 is 0 Å². The summed E-state index contributed by atoms with van der Waals surface area (Å²) in [6.07, 6.45) is 2.77. The molecule has 0 aliphatic rings. The number of rotatable bonds is 5. The lowest BCUT2D eigenvalue weighted by Crippen LogP contribution is -2.22. The first-order valence-corrected chi connectivity index (χ1v) is 5.72. The van der Waals surface area contributed by atoms with Crippen molar-refractivity contribution in [2.45, 2.75) is 27.2 Å². The average Bonchev–Trinajstić information content (AvgIpc) is 2.63. The summed E-state index contributed by atoms with van der Waals surface area (Å²) in [5, 5.41) is 0.958. The highest BCUT2D eigenvalue weighted by atomic mass is 32.1. The van der Waals surface area contributed by atoms with E-state index in [0.29, 0.717) is 0 Å². The Hall–Kier alpha value is -0.900. The quantitative estimate of drug-likeness (QED) is 0.703. The number of carbonyl (C=O) groups excluding carboxylic acids is 1. The van der Waals surface area contributed by atoms with Crippen molar-refractivity contribution in [2.75, 3.05) is 18.0 Å². The second kappa shape index (κ2) is 5.10. The van der Waals surface area contributed by atoms with Gasteiger partial charge in [0.25, 0.3) is 0 Å². The molecule has 0 spiro atoms. The molecule has 0 radical (unpaired) electrons. The second-order valence-corrected chi connectivity index (χ2v) is 4.15. The van der Waals surface area contributed by atoms with Crippen molar-refractivity contribution in [1.82, 2.24) is 4.98 Å². The Morgan fingerprint density at radius 2 is 2.29 bits per heavy atom. The maximum Gasteiger partial charge on any atom is 0.185 e. The van der Waals surface area contributed by atoms with Crippen LogP contribution in [0.4, 0.5) is 5.13 Å². The molecule has 78 valence electrons. The van der Waals surface area contributed by atoms with E-state index in [1.165, 1.54) is 11.3 Å². The number of hydrogen-bond acceptors (Lipinski definition) is 4. The van der Waals surface area contributed by atoms with E-state index in [0.717, 1.165) is 29.5 Å². The molecular weight excluding hydrogens is 196 g/mol. The summed E-state index contributed by atoms with van der Waals surface area (Å²) < 4.78 is 0. The molecule has 0 aliphatic carbocycles. The minimum atomic E-state index is 0.0984. The molecule has 4 heteroatoms. The molecule has 0 aliphatic heterocycles. The predicted octanol–water partition coefficient (Wildman–Crippen LogP) is 2.58. The van der Waals surface area contributed by atoms with E-state index < -0.39 is 0 Å². The molecule has 0 saturated heterocycles. The molecule has 0 bridgehead atoms. The van der Waals surface area contributed by atoms with E-state index in [4.69, 9.17) is 0 Å². The van der Waals surface area contributed by atoms with Gasteiger partial charge in [-0.05, 0) is 13.3 Å².